The van der Waals surface area contributed by atoms with Crippen LogP contribution in [0.15, 0.2) is 106 Å². The quantitative estimate of drug-likeness (QED) is 0.255. The van der Waals surface area contributed by atoms with Gasteiger partial charge in [-0.2, -0.15) is 5.10 Å². The molecule has 0 saturated carbocycles. The Labute approximate surface area is 208 Å². The smallest absolute Gasteiger partial charge is 0.271 e. The van der Waals surface area contributed by atoms with E-state index in [-0.39, 0.29) is 11.4 Å². The Bertz CT molecular complexity index is 1440. The lowest BCUT2D eigenvalue weighted by Crippen LogP contribution is -2.31. The summed E-state index contributed by atoms with van der Waals surface area (Å²) in [6.45, 7) is 1.83. The Balaban J connectivity index is 1.59. The largest absolute Gasteiger partial charge is 0.463 e. The number of carbonyl (C=O) groups is 1. The third-order valence-corrected chi connectivity index (χ3v) is 7.47. The summed E-state index contributed by atoms with van der Waals surface area (Å²) in [6, 6.07) is 23.5. The summed E-state index contributed by atoms with van der Waals surface area (Å²) in [5.74, 6) is 0.107. The van der Waals surface area contributed by atoms with Crippen molar-refractivity contribution in [3.63, 3.8) is 0 Å². The molecule has 178 valence electrons. The first-order valence-corrected chi connectivity index (χ1v) is 12.5. The summed E-state index contributed by atoms with van der Waals surface area (Å²) in [5.41, 5.74) is 4.64. The predicted octanol–water partition coefficient (Wildman–Crippen LogP) is 5.40. The number of nitrogens with one attached hydrogen (secondary N) is 1. The zero-order valence-electron chi connectivity index (χ0n) is 18.8. The molecule has 7 nitrogen and oxygen atoms in total. The van der Waals surface area contributed by atoms with Crippen LogP contribution in [-0.2, 0) is 16.6 Å². The van der Waals surface area contributed by atoms with Crippen molar-refractivity contribution in [3.8, 4) is 0 Å². The molecule has 4 aromatic rings. The fraction of sp³-hybridized carbons (Fsp3) is 0.0769. The molecule has 0 aliphatic rings. The third-order valence-electron chi connectivity index (χ3n) is 5.28. The van der Waals surface area contributed by atoms with Crippen LogP contribution < -0.4 is 9.73 Å². The van der Waals surface area contributed by atoms with Crippen molar-refractivity contribution in [3.05, 3.63) is 119 Å². The van der Waals surface area contributed by atoms with Crippen molar-refractivity contribution >= 4 is 39.4 Å². The van der Waals surface area contributed by atoms with Gasteiger partial charge in [0, 0.05) is 10.6 Å². The number of carbonyl (C=O) groups excluding carboxylic acids is 1. The van der Waals surface area contributed by atoms with Gasteiger partial charge in [-0.25, -0.2) is 13.8 Å². The fourth-order valence-corrected chi connectivity index (χ4v) is 5.10. The zero-order chi connectivity index (χ0) is 24.8. The van der Waals surface area contributed by atoms with Gasteiger partial charge >= 0.3 is 0 Å². The van der Waals surface area contributed by atoms with Crippen LogP contribution in [0.25, 0.3) is 0 Å². The van der Waals surface area contributed by atoms with Crippen molar-refractivity contribution in [1.29, 1.82) is 0 Å². The molecule has 0 unspecified atom stereocenters. The number of furan rings is 1. The molecule has 0 saturated heterocycles. The zero-order valence-corrected chi connectivity index (χ0v) is 20.3. The second-order valence-corrected chi connectivity index (χ2v) is 9.89. The van der Waals surface area contributed by atoms with Gasteiger partial charge in [0.25, 0.3) is 15.9 Å². The standard InChI is InChI=1S/C26H22ClN3O4S/c1-19-24(27)10-5-11-25(19)30(35(32,33)23-8-3-2-4-9-23)18-20-12-14-21(15-13-20)26(31)29-28-17-22-7-6-16-34-22/h2-17H,18H2,1H3,(H,29,31). The molecule has 0 bridgehead atoms. The highest BCUT2D eigenvalue weighted by Gasteiger charge is 2.27. The van der Waals surface area contributed by atoms with Crippen LogP contribution in [0.1, 0.15) is 27.2 Å². The van der Waals surface area contributed by atoms with E-state index in [4.69, 9.17) is 16.0 Å². The molecule has 0 atom stereocenters. The van der Waals surface area contributed by atoms with Crippen molar-refractivity contribution < 1.29 is 17.6 Å². The summed E-state index contributed by atoms with van der Waals surface area (Å²) in [4.78, 5) is 12.5. The molecule has 1 N–H and O–H groups in total. The Kier molecular flexibility index (Phi) is 7.33. The van der Waals surface area contributed by atoms with Gasteiger partial charge in [-0.05, 0) is 66.6 Å². The lowest BCUT2D eigenvalue weighted by molar-refractivity contribution is 0.0955. The van der Waals surface area contributed by atoms with Crippen molar-refractivity contribution in [2.24, 2.45) is 5.10 Å². The summed E-state index contributed by atoms with van der Waals surface area (Å²) < 4.78 is 33.6. The number of hydrogen-bond donors (Lipinski definition) is 1. The van der Waals surface area contributed by atoms with Crippen molar-refractivity contribution in [2.75, 3.05) is 4.31 Å². The van der Waals surface area contributed by atoms with Gasteiger partial charge in [0.1, 0.15) is 5.76 Å². The topological polar surface area (TPSA) is 92.0 Å². The molecule has 1 aromatic heterocycles. The van der Waals surface area contributed by atoms with E-state index >= 15 is 0 Å². The van der Waals surface area contributed by atoms with Gasteiger partial charge in [0.2, 0.25) is 0 Å². The van der Waals surface area contributed by atoms with Crippen LogP contribution in [0.3, 0.4) is 0 Å². The Morgan fingerprint density at radius 2 is 1.74 bits per heavy atom. The molecule has 0 radical (unpaired) electrons. The number of anilines is 1. The second-order valence-electron chi connectivity index (χ2n) is 7.62. The van der Waals surface area contributed by atoms with Crippen LogP contribution in [0.2, 0.25) is 5.02 Å². The first kappa shape index (κ1) is 24.3. The van der Waals surface area contributed by atoms with E-state index in [0.717, 1.165) is 0 Å². The maximum atomic E-state index is 13.6. The van der Waals surface area contributed by atoms with Crippen LogP contribution in [-0.4, -0.2) is 20.5 Å². The van der Waals surface area contributed by atoms with E-state index in [1.807, 2.05) is 0 Å². The number of hydrogen-bond acceptors (Lipinski definition) is 5. The van der Waals surface area contributed by atoms with Crippen LogP contribution >= 0.6 is 11.6 Å². The molecule has 9 heteroatoms. The third kappa shape index (κ3) is 5.62. The maximum Gasteiger partial charge on any atom is 0.271 e. The first-order valence-electron chi connectivity index (χ1n) is 10.6. The van der Waals surface area contributed by atoms with Gasteiger partial charge in [-0.3, -0.25) is 9.10 Å². The lowest BCUT2D eigenvalue weighted by Gasteiger charge is -2.26. The minimum absolute atomic E-state index is 0.0525. The molecule has 1 amide bonds. The second kappa shape index (κ2) is 10.6. The van der Waals surface area contributed by atoms with E-state index in [1.54, 1.807) is 91.9 Å². The molecule has 4 rings (SSSR count). The number of nitrogens with zero attached hydrogens (tertiary/aromatic N) is 2. The predicted molar refractivity (Wildman–Crippen MR) is 136 cm³/mol. The minimum Gasteiger partial charge on any atom is -0.463 e. The van der Waals surface area contributed by atoms with E-state index in [2.05, 4.69) is 10.5 Å². The maximum absolute atomic E-state index is 13.6. The number of benzene rings is 3. The first-order chi connectivity index (χ1) is 16.9. The molecular weight excluding hydrogens is 486 g/mol. The minimum atomic E-state index is -3.88. The molecule has 0 aliphatic carbocycles. The molecule has 0 spiro atoms. The Morgan fingerprint density at radius 1 is 1.00 bits per heavy atom. The number of hydrazone groups is 1. The van der Waals surface area contributed by atoms with E-state index in [9.17, 15) is 13.2 Å². The highest BCUT2D eigenvalue weighted by Crippen LogP contribution is 2.32. The molecular formula is C26H22ClN3O4S. The molecule has 3 aromatic carbocycles. The molecule has 0 aliphatic heterocycles. The van der Waals surface area contributed by atoms with E-state index in [1.165, 1.54) is 16.8 Å². The van der Waals surface area contributed by atoms with Gasteiger partial charge in [0.05, 0.1) is 29.6 Å². The van der Waals surface area contributed by atoms with Gasteiger partial charge in [0.15, 0.2) is 0 Å². The van der Waals surface area contributed by atoms with E-state index < -0.39 is 15.9 Å². The van der Waals surface area contributed by atoms with Gasteiger partial charge in [-0.1, -0.05) is 48.0 Å². The van der Waals surface area contributed by atoms with Gasteiger partial charge in [-0.15, -0.1) is 0 Å². The fourth-order valence-electron chi connectivity index (χ4n) is 3.40. The average molecular weight is 508 g/mol. The Hall–Kier alpha value is -3.88. The molecule has 1 heterocycles. The number of amides is 1. The summed E-state index contributed by atoms with van der Waals surface area (Å²) in [7, 11) is -3.88. The van der Waals surface area contributed by atoms with Crippen molar-refractivity contribution in [2.45, 2.75) is 18.4 Å². The average Bonchev–Trinajstić information content (AvgIpc) is 3.39. The van der Waals surface area contributed by atoms with Crippen molar-refractivity contribution in [1.82, 2.24) is 5.43 Å². The highest BCUT2D eigenvalue weighted by atomic mass is 35.5. The SMILES string of the molecule is Cc1c(Cl)cccc1N(Cc1ccc(C(=O)NN=Cc2ccco2)cc1)S(=O)(=O)c1ccccc1. The highest BCUT2D eigenvalue weighted by molar-refractivity contribution is 7.92. The van der Waals surface area contributed by atoms with Crippen LogP contribution in [0.4, 0.5) is 5.69 Å². The molecule has 0 fully saturated rings. The van der Waals surface area contributed by atoms with Crippen LogP contribution in [0.5, 0.6) is 0 Å². The Morgan fingerprint density at radius 3 is 2.43 bits per heavy atom. The summed E-state index contributed by atoms with van der Waals surface area (Å²) >= 11 is 6.30. The summed E-state index contributed by atoms with van der Waals surface area (Å²) in [5, 5.41) is 4.34. The lowest BCUT2D eigenvalue weighted by atomic mass is 10.1. The molecule has 35 heavy (non-hydrogen) atoms. The monoisotopic (exact) mass is 507 g/mol. The normalized spacial score (nSPS) is 11.5. The number of sulfonamides is 1. The van der Waals surface area contributed by atoms with Crippen LogP contribution in [0, 0.1) is 6.92 Å². The number of rotatable bonds is 8. The van der Waals surface area contributed by atoms with E-state index in [0.29, 0.717) is 33.2 Å². The van der Waals surface area contributed by atoms with Gasteiger partial charge < -0.3 is 4.42 Å². The summed E-state index contributed by atoms with van der Waals surface area (Å²) in [6.07, 6.45) is 2.90. The number of halogens is 1.